The molecule has 1 fully saturated rings. The van der Waals surface area contributed by atoms with E-state index in [0.29, 0.717) is 43.2 Å². The van der Waals surface area contributed by atoms with Crippen LogP contribution in [0.3, 0.4) is 0 Å². The number of carbonyl (C=O) groups is 2. The number of carbonyl (C=O) groups excluding carboxylic acids is 2. The Labute approximate surface area is 161 Å². The molecule has 0 radical (unpaired) electrons. The van der Waals surface area contributed by atoms with Gasteiger partial charge in [-0.2, -0.15) is 13.2 Å². The SMILES string of the molecule is CCCCN(CC(F)(F)F)C(=O)[C@H]1CC(=O)N(c2ccc3c(c2)OCCO3)C1. The minimum atomic E-state index is -4.47. The Morgan fingerprint density at radius 2 is 1.96 bits per heavy atom. The highest BCUT2D eigenvalue weighted by atomic mass is 19.4. The van der Waals surface area contributed by atoms with Crippen LogP contribution >= 0.6 is 0 Å². The molecule has 2 aliphatic heterocycles. The predicted molar refractivity (Wildman–Crippen MR) is 95.4 cm³/mol. The molecule has 0 saturated carbocycles. The Bertz CT molecular complexity index is 738. The first kappa shape index (κ1) is 20.3. The lowest BCUT2D eigenvalue weighted by Crippen LogP contribution is -2.43. The Kier molecular flexibility index (Phi) is 6.00. The molecule has 2 aliphatic rings. The number of fused-ring (bicyclic) bond motifs is 1. The van der Waals surface area contributed by atoms with Gasteiger partial charge in [0.1, 0.15) is 19.8 Å². The van der Waals surface area contributed by atoms with Crippen LogP contribution in [0.1, 0.15) is 26.2 Å². The van der Waals surface area contributed by atoms with Gasteiger partial charge in [0, 0.05) is 31.3 Å². The van der Waals surface area contributed by atoms with E-state index in [4.69, 9.17) is 9.47 Å². The molecule has 6 nitrogen and oxygen atoms in total. The van der Waals surface area contributed by atoms with Gasteiger partial charge in [-0.1, -0.05) is 13.3 Å². The van der Waals surface area contributed by atoms with Crippen molar-refractivity contribution in [2.24, 2.45) is 5.92 Å². The van der Waals surface area contributed by atoms with Crippen molar-refractivity contribution in [3.8, 4) is 11.5 Å². The second-order valence-electron chi connectivity index (χ2n) is 6.96. The molecular formula is C19H23F3N2O4. The van der Waals surface area contributed by atoms with Crippen molar-refractivity contribution in [2.75, 3.05) is 37.7 Å². The Morgan fingerprint density at radius 1 is 1.25 bits per heavy atom. The quantitative estimate of drug-likeness (QED) is 0.737. The number of hydrogen-bond acceptors (Lipinski definition) is 4. The minimum absolute atomic E-state index is 0.0313. The van der Waals surface area contributed by atoms with E-state index in [1.54, 1.807) is 18.2 Å². The van der Waals surface area contributed by atoms with Crippen LogP contribution in [-0.4, -0.2) is 55.7 Å². The van der Waals surface area contributed by atoms with Crippen molar-refractivity contribution in [3.05, 3.63) is 18.2 Å². The molecule has 0 bridgehead atoms. The van der Waals surface area contributed by atoms with E-state index in [-0.39, 0.29) is 25.4 Å². The van der Waals surface area contributed by atoms with Crippen molar-refractivity contribution < 1.29 is 32.2 Å². The number of anilines is 1. The maximum absolute atomic E-state index is 12.9. The largest absolute Gasteiger partial charge is 0.486 e. The highest BCUT2D eigenvalue weighted by molar-refractivity contribution is 6.00. The molecular weight excluding hydrogens is 377 g/mol. The smallest absolute Gasteiger partial charge is 0.406 e. The standard InChI is InChI=1S/C19H23F3N2O4/c1-2-3-6-23(12-19(20,21)22)18(26)13-9-17(25)24(11-13)14-4-5-15-16(10-14)28-8-7-27-15/h4-5,10,13H,2-3,6-9,11-12H2,1H3/t13-/m0/s1. The molecule has 1 saturated heterocycles. The predicted octanol–water partition coefficient (Wildman–Crippen LogP) is 3.00. The zero-order valence-corrected chi connectivity index (χ0v) is 15.6. The number of ether oxygens (including phenoxy) is 2. The summed E-state index contributed by atoms with van der Waals surface area (Å²) in [6, 6.07) is 5.02. The fourth-order valence-electron chi connectivity index (χ4n) is 3.41. The van der Waals surface area contributed by atoms with Crippen LogP contribution in [0.15, 0.2) is 18.2 Å². The first-order chi connectivity index (χ1) is 13.3. The van der Waals surface area contributed by atoms with Crippen molar-refractivity contribution in [2.45, 2.75) is 32.4 Å². The van der Waals surface area contributed by atoms with E-state index in [2.05, 4.69) is 0 Å². The number of nitrogens with zero attached hydrogens (tertiary/aromatic N) is 2. The molecule has 0 aromatic heterocycles. The molecule has 1 atom stereocenters. The monoisotopic (exact) mass is 400 g/mol. The number of unbranched alkanes of at least 4 members (excludes halogenated alkanes) is 1. The second kappa shape index (κ2) is 8.28. The molecule has 2 amide bonds. The van der Waals surface area contributed by atoms with Gasteiger partial charge in [0.2, 0.25) is 11.8 Å². The number of rotatable bonds is 6. The van der Waals surface area contributed by atoms with Gasteiger partial charge < -0.3 is 19.3 Å². The van der Waals surface area contributed by atoms with Gasteiger partial charge in [0.05, 0.1) is 5.92 Å². The van der Waals surface area contributed by atoms with Crippen molar-refractivity contribution >= 4 is 17.5 Å². The fraction of sp³-hybridized carbons (Fsp3) is 0.579. The first-order valence-corrected chi connectivity index (χ1v) is 9.34. The third-order valence-corrected chi connectivity index (χ3v) is 4.78. The van der Waals surface area contributed by atoms with E-state index in [9.17, 15) is 22.8 Å². The molecule has 1 aromatic rings. The highest BCUT2D eigenvalue weighted by Gasteiger charge is 2.40. The van der Waals surface area contributed by atoms with Crippen LogP contribution in [-0.2, 0) is 9.59 Å². The lowest BCUT2D eigenvalue weighted by Gasteiger charge is -2.26. The topological polar surface area (TPSA) is 59.1 Å². The van der Waals surface area contributed by atoms with Crippen molar-refractivity contribution in [3.63, 3.8) is 0 Å². The zero-order chi connectivity index (χ0) is 20.3. The molecule has 0 aliphatic carbocycles. The average molecular weight is 400 g/mol. The van der Waals surface area contributed by atoms with Gasteiger partial charge in [0.25, 0.3) is 0 Å². The summed E-state index contributed by atoms with van der Waals surface area (Å²) in [4.78, 5) is 27.4. The summed E-state index contributed by atoms with van der Waals surface area (Å²) >= 11 is 0. The van der Waals surface area contributed by atoms with Crippen LogP contribution in [0.2, 0.25) is 0 Å². The molecule has 28 heavy (non-hydrogen) atoms. The zero-order valence-electron chi connectivity index (χ0n) is 15.6. The maximum Gasteiger partial charge on any atom is 0.406 e. The number of alkyl halides is 3. The molecule has 1 aromatic carbocycles. The third-order valence-electron chi connectivity index (χ3n) is 4.78. The van der Waals surface area contributed by atoms with E-state index in [1.807, 2.05) is 6.92 Å². The molecule has 9 heteroatoms. The Morgan fingerprint density at radius 3 is 2.64 bits per heavy atom. The van der Waals surface area contributed by atoms with Crippen LogP contribution in [0.25, 0.3) is 0 Å². The van der Waals surface area contributed by atoms with Gasteiger partial charge in [-0.15, -0.1) is 0 Å². The summed E-state index contributed by atoms with van der Waals surface area (Å²) in [5, 5.41) is 0. The van der Waals surface area contributed by atoms with Gasteiger partial charge >= 0.3 is 6.18 Å². The molecule has 2 heterocycles. The van der Waals surface area contributed by atoms with Gasteiger partial charge in [0.15, 0.2) is 11.5 Å². The Balaban J connectivity index is 1.72. The first-order valence-electron chi connectivity index (χ1n) is 9.34. The van der Waals surface area contributed by atoms with Gasteiger partial charge in [-0.25, -0.2) is 0 Å². The molecule has 0 N–H and O–H groups in total. The van der Waals surface area contributed by atoms with Crippen molar-refractivity contribution in [1.82, 2.24) is 4.90 Å². The number of amides is 2. The highest BCUT2D eigenvalue weighted by Crippen LogP contribution is 2.36. The molecule has 0 spiro atoms. The van der Waals surface area contributed by atoms with E-state index >= 15 is 0 Å². The van der Waals surface area contributed by atoms with Crippen LogP contribution in [0, 0.1) is 5.92 Å². The lowest BCUT2D eigenvalue weighted by molar-refractivity contribution is -0.163. The van der Waals surface area contributed by atoms with Crippen molar-refractivity contribution in [1.29, 1.82) is 0 Å². The van der Waals surface area contributed by atoms with E-state index in [0.717, 1.165) is 4.90 Å². The van der Waals surface area contributed by atoms with Gasteiger partial charge in [-0.3, -0.25) is 9.59 Å². The summed E-state index contributed by atoms with van der Waals surface area (Å²) in [5.74, 6) is -0.630. The molecule has 3 rings (SSSR count). The maximum atomic E-state index is 12.9. The Hall–Kier alpha value is -2.45. The lowest BCUT2D eigenvalue weighted by atomic mass is 10.1. The number of halogens is 3. The van der Waals surface area contributed by atoms with E-state index in [1.165, 1.54) is 4.90 Å². The number of hydrogen-bond donors (Lipinski definition) is 0. The molecule has 154 valence electrons. The normalized spacial score (nSPS) is 19.1. The minimum Gasteiger partial charge on any atom is -0.486 e. The summed E-state index contributed by atoms with van der Waals surface area (Å²) < 4.78 is 49.5. The van der Waals surface area contributed by atoms with Crippen LogP contribution < -0.4 is 14.4 Å². The van der Waals surface area contributed by atoms with Crippen LogP contribution in [0.4, 0.5) is 18.9 Å². The second-order valence-corrected chi connectivity index (χ2v) is 6.96. The fourth-order valence-corrected chi connectivity index (χ4v) is 3.41. The van der Waals surface area contributed by atoms with Crippen LogP contribution in [0.5, 0.6) is 11.5 Å². The summed E-state index contributed by atoms with van der Waals surface area (Å²) in [7, 11) is 0. The van der Waals surface area contributed by atoms with Gasteiger partial charge in [-0.05, 0) is 18.6 Å². The molecule has 0 unspecified atom stereocenters. The number of benzene rings is 1. The van der Waals surface area contributed by atoms with E-state index < -0.39 is 24.5 Å². The summed E-state index contributed by atoms with van der Waals surface area (Å²) in [6.07, 6.45) is -3.42. The third kappa shape index (κ3) is 4.69. The summed E-state index contributed by atoms with van der Waals surface area (Å²) in [5.41, 5.74) is 0.542. The summed E-state index contributed by atoms with van der Waals surface area (Å²) in [6.45, 7) is 1.48. The average Bonchev–Trinajstić information content (AvgIpc) is 3.05.